The Labute approximate surface area is 123 Å². The molecule has 3 nitrogen and oxygen atoms in total. The van der Waals surface area contributed by atoms with Crippen LogP contribution in [0.2, 0.25) is 0 Å². The van der Waals surface area contributed by atoms with Gasteiger partial charge in [0.25, 0.3) is 0 Å². The van der Waals surface area contributed by atoms with Crippen LogP contribution in [-0.2, 0) is 4.74 Å². The van der Waals surface area contributed by atoms with Crippen LogP contribution in [0, 0.1) is 11.8 Å². The van der Waals surface area contributed by atoms with E-state index in [-0.39, 0.29) is 18.2 Å². The lowest BCUT2D eigenvalue weighted by molar-refractivity contribution is 0.0489. The highest BCUT2D eigenvalue weighted by Crippen LogP contribution is 2.42. The number of rotatable bonds is 3. The van der Waals surface area contributed by atoms with E-state index < -0.39 is 0 Å². The summed E-state index contributed by atoms with van der Waals surface area (Å²) in [4.78, 5) is 0. The van der Waals surface area contributed by atoms with Gasteiger partial charge in [-0.15, -0.1) is 0 Å². The number of nitrogens with two attached hydrogens (primary N) is 1. The molecule has 1 heterocycles. The Morgan fingerprint density at radius 2 is 1.95 bits per heavy atom. The zero-order valence-corrected chi connectivity index (χ0v) is 13.5. The number of ether oxygens (including phenoxy) is 2. The molecule has 4 heteroatoms. The van der Waals surface area contributed by atoms with E-state index in [0.29, 0.717) is 11.8 Å². The van der Waals surface area contributed by atoms with Crippen molar-refractivity contribution in [3.05, 3.63) is 28.2 Å². The van der Waals surface area contributed by atoms with Gasteiger partial charge in [0.15, 0.2) is 0 Å². The van der Waals surface area contributed by atoms with Crippen molar-refractivity contribution < 1.29 is 9.47 Å². The summed E-state index contributed by atoms with van der Waals surface area (Å²) >= 11 is 3.50. The molecule has 106 valence electrons. The van der Waals surface area contributed by atoms with Crippen LogP contribution in [0.4, 0.5) is 0 Å². The fourth-order valence-corrected chi connectivity index (χ4v) is 3.46. The van der Waals surface area contributed by atoms with Crippen molar-refractivity contribution in [3.8, 4) is 5.75 Å². The molecule has 0 amide bonds. The van der Waals surface area contributed by atoms with E-state index in [0.717, 1.165) is 15.8 Å². The van der Waals surface area contributed by atoms with Crippen molar-refractivity contribution in [1.29, 1.82) is 0 Å². The van der Waals surface area contributed by atoms with Gasteiger partial charge in [-0.3, -0.25) is 0 Å². The standard InChI is InChI=1S/C15H22BrNO2/c1-8-9(2)19-10(3)14(8)15(17)12-7-11(16)5-6-13(12)18-4/h5-10,14-15H,17H2,1-4H3. The molecular formula is C15H22BrNO2. The normalized spacial score (nSPS) is 32.3. The number of hydrogen-bond donors (Lipinski definition) is 1. The Hall–Kier alpha value is -0.580. The summed E-state index contributed by atoms with van der Waals surface area (Å²) in [5, 5.41) is 0. The first-order valence-electron chi connectivity index (χ1n) is 6.70. The van der Waals surface area contributed by atoms with E-state index >= 15 is 0 Å². The summed E-state index contributed by atoms with van der Waals surface area (Å²) in [6.07, 6.45) is 0.424. The number of benzene rings is 1. The van der Waals surface area contributed by atoms with Gasteiger partial charge in [-0.2, -0.15) is 0 Å². The third kappa shape index (κ3) is 2.81. The van der Waals surface area contributed by atoms with Crippen LogP contribution in [0.25, 0.3) is 0 Å². The topological polar surface area (TPSA) is 44.5 Å². The van der Waals surface area contributed by atoms with Crippen LogP contribution in [0.3, 0.4) is 0 Å². The maximum absolute atomic E-state index is 6.51. The smallest absolute Gasteiger partial charge is 0.123 e. The molecule has 1 aliphatic rings. The molecule has 2 rings (SSSR count). The second-order valence-corrected chi connectivity index (χ2v) is 6.31. The van der Waals surface area contributed by atoms with E-state index in [4.69, 9.17) is 15.2 Å². The van der Waals surface area contributed by atoms with E-state index in [2.05, 4.69) is 36.7 Å². The van der Waals surface area contributed by atoms with E-state index in [1.54, 1.807) is 7.11 Å². The highest BCUT2D eigenvalue weighted by atomic mass is 79.9. The highest BCUT2D eigenvalue weighted by molar-refractivity contribution is 9.10. The first kappa shape index (κ1) is 14.8. The molecule has 0 aliphatic carbocycles. The third-order valence-electron chi connectivity index (χ3n) is 4.28. The molecule has 0 saturated carbocycles. The van der Waals surface area contributed by atoms with E-state index in [1.165, 1.54) is 0 Å². The van der Waals surface area contributed by atoms with Crippen molar-refractivity contribution in [3.63, 3.8) is 0 Å². The van der Waals surface area contributed by atoms with Crippen molar-refractivity contribution in [2.24, 2.45) is 17.6 Å². The molecule has 5 atom stereocenters. The quantitative estimate of drug-likeness (QED) is 0.923. The lowest BCUT2D eigenvalue weighted by atomic mass is 9.81. The largest absolute Gasteiger partial charge is 0.496 e. The molecular weight excluding hydrogens is 306 g/mol. The summed E-state index contributed by atoms with van der Waals surface area (Å²) in [6, 6.07) is 5.89. The zero-order valence-electron chi connectivity index (χ0n) is 11.9. The summed E-state index contributed by atoms with van der Waals surface area (Å²) in [5.41, 5.74) is 7.55. The van der Waals surface area contributed by atoms with Gasteiger partial charge in [0.1, 0.15) is 5.75 Å². The predicted molar refractivity (Wildman–Crippen MR) is 80.3 cm³/mol. The van der Waals surface area contributed by atoms with Gasteiger partial charge in [-0.1, -0.05) is 22.9 Å². The minimum absolute atomic E-state index is 0.0811. The number of hydrogen-bond acceptors (Lipinski definition) is 3. The van der Waals surface area contributed by atoms with Gasteiger partial charge in [-0.25, -0.2) is 0 Å². The lowest BCUT2D eigenvalue weighted by Crippen LogP contribution is -2.31. The van der Waals surface area contributed by atoms with Crippen LogP contribution in [0.5, 0.6) is 5.75 Å². The molecule has 1 aromatic carbocycles. The molecule has 5 unspecified atom stereocenters. The second kappa shape index (κ2) is 5.81. The summed E-state index contributed by atoms with van der Waals surface area (Å²) in [5.74, 6) is 1.58. The molecule has 1 aromatic rings. The van der Waals surface area contributed by atoms with E-state index in [9.17, 15) is 0 Å². The van der Waals surface area contributed by atoms with Gasteiger partial charge < -0.3 is 15.2 Å². The van der Waals surface area contributed by atoms with Gasteiger partial charge in [0.05, 0.1) is 19.3 Å². The van der Waals surface area contributed by atoms with Crippen molar-refractivity contribution in [2.75, 3.05) is 7.11 Å². The maximum Gasteiger partial charge on any atom is 0.123 e. The van der Waals surface area contributed by atoms with Gasteiger partial charge in [-0.05, 0) is 38.0 Å². The lowest BCUT2D eigenvalue weighted by Gasteiger charge is -2.27. The van der Waals surface area contributed by atoms with Crippen LogP contribution in [-0.4, -0.2) is 19.3 Å². The Bertz CT molecular complexity index is 452. The summed E-state index contributed by atoms with van der Waals surface area (Å²) in [7, 11) is 1.68. The molecule has 1 aliphatic heterocycles. The Kier molecular flexibility index (Phi) is 4.54. The predicted octanol–water partition coefficient (Wildman–Crippen LogP) is 3.52. The molecule has 1 fully saturated rings. The minimum Gasteiger partial charge on any atom is -0.496 e. The van der Waals surface area contributed by atoms with Crippen LogP contribution >= 0.6 is 15.9 Å². The van der Waals surface area contributed by atoms with Crippen molar-refractivity contribution in [1.82, 2.24) is 0 Å². The highest BCUT2D eigenvalue weighted by Gasteiger charge is 2.41. The molecule has 0 bridgehead atoms. The maximum atomic E-state index is 6.51. The first-order valence-corrected chi connectivity index (χ1v) is 7.49. The zero-order chi connectivity index (χ0) is 14.2. The fourth-order valence-electron chi connectivity index (χ4n) is 3.09. The Morgan fingerprint density at radius 3 is 2.47 bits per heavy atom. The van der Waals surface area contributed by atoms with Crippen LogP contribution < -0.4 is 10.5 Å². The average molecular weight is 328 g/mol. The van der Waals surface area contributed by atoms with Crippen molar-refractivity contribution >= 4 is 15.9 Å². The molecule has 19 heavy (non-hydrogen) atoms. The van der Waals surface area contributed by atoms with Crippen LogP contribution in [0.1, 0.15) is 32.4 Å². The van der Waals surface area contributed by atoms with E-state index in [1.807, 2.05) is 18.2 Å². The Balaban J connectivity index is 2.33. The minimum atomic E-state index is -0.0811. The summed E-state index contributed by atoms with van der Waals surface area (Å²) in [6.45, 7) is 6.43. The monoisotopic (exact) mass is 327 g/mol. The first-order chi connectivity index (χ1) is 8.95. The second-order valence-electron chi connectivity index (χ2n) is 5.39. The SMILES string of the molecule is COc1ccc(Br)cc1C(N)C1C(C)OC(C)C1C. The number of halogens is 1. The van der Waals surface area contributed by atoms with Gasteiger partial charge in [0.2, 0.25) is 0 Å². The Morgan fingerprint density at radius 1 is 1.26 bits per heavy atom. The van der Waals surface area contributed by atoms with Crippen molar-refractivity contribution in [2.45, 2.75) is 39.0 Å². The molecule has 2 N–H and O–H groups in total. The fraction of sp³-hybridized carbons (Fsp3) is 0.600. The molecule has 0 aromatic heterocycles. The molecule has 0 spiro atoms. The molecule has 1 saturated heterocycles. The average Bonchev–Trinajstić information content (AvgIpc) is 2.62. The third-order valence-corrected chi connectivity index (χ3v) is 4.78. The summed E-state index contributed by atoms with van der Waals surface area (Å²) < 4.78 is 12.4. The van der Waals surface area contributed by atoms with Gasteiger partial charge in [0, 0.05) is 22.0 Å². The molecule has 0 radical (unpaired) electrons. The number of methoxy groups -OCH3 is 1. The van der Waals surface area contributed by atoms with Gasteiger partial charge >= 0.3 is 0 Å². The van der Waals surface area contributed by atoms with Crippen LogP contribution in [0.15, 0.2) is 22.7 Å².